The van der Waals surface area contributed by atoms with Crippen LogP contribution in [0.4, 0.5) is 0 Å². The zero-order valence-electron chi connectivity index (χ0n) is 14.9. The van der Waals surface area contributed by atoms with Crippen molar-refractivity contribution in [3.05, 3.63) is 71.3 Å². The van der Waals surface area contributed by atoms with Crippen LogP contribution >= 0.6 is 0 Å². The Morgan fingerprint density at radius 3 is 2.46 bits per heavy atom. The number of nitrogens with one attached hydrogen (secondary N) is 1. The highest BCUT2D eigenvalue weighted by Crippen LogP contribution is 2.24. The van der Waals surface area contributed by atoms with E-state index in [0.717, 1.165) is 11.1 Å². The lowest BCUT2D eigenvalue weighted by Crippen LogP contribution is -2.69. The highest BCUT2D eigenvalue weighted by molar-refractivity contribution is 5.99. The number of amides is 2. The van der Waals surface area contributed by atoms with E-state index in [0.29, 0.717) is 18.4 Å². The number of carbonyl (C=O) groups is 2. The summed E-state index contributed by atoms with van der Waals surface area (Å²) in [6.45, 7) is 1.76. The number of benzene rings is 2. The van der Waals surface area contributed by atoms with Crippen molar-refractivity contribution in [1.82, 2.24) is 10.2 Å². The largest absolute Gasteiger partial charge is 0.340 e. The molecule has 3 rings (SSSR count). The Balaban J connectivity index is 1.82. The third kappa shape index (κ3) is 3.31. The molecule has 1 heterocycles. The first-order valence-electron chi connectivity index (χ1n) is 8.56. The van der Waals surface area contributed by atoms with Crippen molar-refractivity contribution >= 4 is 11.8 Å². The lowest BCUT2D eigenvalue weighted by atomic mass is 9.86. The molecule has 0 radical (unpaired) electrons. The average molecular weight is 347 g/mol. The topological polar surface area (TPSA) is 73.2 Å². The number of piperazine rings is 1. The standard InChI is InChI=1S/C21H21N3O2/c1-21(13-15-8-4-3-5-9-15)20(26)24(2)18(19(25)23-21)12-16-10-6-7-11-17(16)14-22/h3-11,18H,12-13H2,1-2H3,(H,23,25). The van der Waals surface area contributed by atoms with Crippen LogP contribution in [0.5, 0.6) is 0 Å². The van der Waals surface area contributed by atoms with E-state index in [2.05, 4.69) is 11.4 Å². The molecular formula is C21H21N3O2. The Hall–Kier alpha value is -3.13. The molecule has 0 aliphatic carbocycles. The van der Waals surface area contributed by atoms with E-state index in [9.17, 15) is 14.9 Å². The molecule has 26 heavy (non-hydrogen) atoms. The number of carbonyl (C=O) groups excluding carboxylic acids is 2. The SMILES string of the molecule is CN1C(=O)C(C)(Cc2ccccc2)NC(=O)C1Cc1ccccc1C#N. The molecule has 1 aliphatic rings. The molecule has 0 saturated carbocycles. The summed E-state index contributed by atoms with van der Waals surface area (Å²) < 4.78 is 0. The Bertz CT molecular complexity index is 872. The second kappa shape index (κ2) is 7.01. The highest BCUT2D eigenvalue weighted by atomic mass is 16.2. The lowest BCUT2D eigenvalue weighted by molar-refractivity contribution is -0.152. The Morgan fingerprint density at radius 1 is 1.12 bits per heavy atom. The molecule has 1 saturated heterocycles. The zero-order valence-corrected chi connectivity index (χ0v) is 14.9. The third-order valence-electron chi connectivity index (χ3n) is 4.91. The molecule has 2 aromatic carbocycles. The van der Waals surface area contributed by atoms with Gasteiger partial charge in [-0.15, -0.1) is 0 Å². The van der Waals surface area contributed by atoms with Gasteiger partial charge in [0.2, 0.25) is 11.8 Å². The third-order valence-corrected chi connectivity index (χ3v) is 4.91. The number of nitrogens with zero attached hydrogens (tertiary/aromatic N) is 2. The maximum Gasteiger partial charge on any atom is 0.248 e. The van der Waals surface area contributed by atoms with E-state index in [1.165, 1.54) is 4.90 Å². The molecule has 2 aromatic rings. The molecule has 2 atom stereocenters. The van der Waals surface area contributed by atoms with Crippen molar-refractivity contribution in [2.24, 2.45) is 0 Å². The minimum atomic E-state index is -0.974. The Labute approximate surface area is 153 Å². The quantitative estimate of drug-likeness (QED) is 0.920. The van der Waals surface area contributed by atoms with Crippen LogP contribution in [0, 0.1) is 11.3 Å². The Morgan fingerprint density at radius 2 is 1.77 bits per heavy atom. The van der Waals surface area contributed by atoms with Crippen LogP contribution in [0.3, 0.4) is 0 Å². The van der Waals surface area contributed by atoms with Gasteiger partial charge in [-0.05, 0) is 24.1 Å². The molecule has 1 fully saturated rings. The van der Waals surface area contributed by atoms with E-state index < -0.39 is 11.6 Å². The lowest BCUT2D eigenvalue weighted by Gasteiger charge is -2.43. The highest BCUT2D eigenvalue weighted by Gasteiger charge is 2.46. The summed E-state index contributed by atoms with van der Waals surface area (Å²) in [7, 11) is 1.66. The van der Waals surface area contributed by atoms with Gasteiger partial charge < -0.3 is 10.2 Å². The van der Waals surface area contributed by atoms with Crippen molar-refractivity contribution in [2.45, 2.75) is 31.3 Å². The van der Waals surface area contributed by atoms with Crippen LogP contribution in [0.15, 0.2) is 54.6 Å². The molecule has 5 nitrogen and oxygen atoms in total. The van der Waals surface area contributed by atoms with Gasteiger partial charge in [0.1, 0.15) is 11.6 Å². The van der Waals surface area contributed by atoms with Crippen molar-refractivity contribution in [2.75, 3.05) is 7.05 Å². The van der Waals surface area contributed by atoms with Crippen LogP contribution in [0.2, 0.25) is 0 Å². The summed E-state index contributed by atoms with van der Waals surface area (Å²) in [5.74, 6) is -0.321. The molecule has 1 N–H and O–H groups in total. The van der Waals surface area contributed by atoms with E-state index in [1.54, 1.807) is 26.1 Å². The Kier molecular flexibility index (Phi) is 4.77. The number of likely N-dealkylation sites (N-methyl/N-ethyl adjacent to an activating group) is 1. The fourth-order valence-corrected chi connectivity index (χ4v) is 3.48. The smallest absolute Gasteiger partial charge is 0.248 e. The molecule has 2 unspecified atom stereocenters. The summed E-state index contributed by atoms with van der Waals surface area (Å²) in [6.07, 6.45) is 0.753. The minimum absolute atomic E-state index is 0.125. The first kappa shape index (κ1) is 17.7. The van der Waals surface area contributed by atoms with Crippen LogP contribution in [-0.2, 0) is 22.4 Å². The van der Waals surface area contributed by atoms with Crippen LogP contribution in [-0.4, -0.2) is 35.3 Å². The van der Waals surface area contributed by atoms with E-state index in [1.807, 2.05) is 42.5 Å². The number of rotatable bonds is 4. The maximum atomic E-state index is 13.0. The summed E-state index contributed by atoms with van der Waals surface area (Å²) in [6, 6.07) is 18.3. The van der Waals surface area contributed by atoms with E-state index >= 15 is 0 Å². The molecular weight excluding hydrogens is 326 g/mol. The van der Waals surface area contributed by atoms with Crippen LogP contribution in [0.1, 0.15) is 23.6 Å². The fraction of sp³-hybridized carbons (Fsp3) is 0.286. The number of nitriles is 1. The van der Waals surface area contributed by atoms with E-state index in [-0.39, 0.29) is 11.8 Å². The molecule has 1 aliphatic heterocycles. The number of hydrogen-bond acceptors (Lipinski definition) is 3. The van der Waals surface area contributed by atoms with E-state index in [4.69, 9.17) is 0 Å². The monoisotopic (exact) mass is 347 g/mol. The average Bonchev–Trinajstić information content (AvgIpc) is 2.64. The van der Waals surface area contributed by atoms with Gasteiger partial charge in [0.25, 0.3) is 0 Å². The molecule has 2 amide bonds. The number of hydrogen-bond donors (Lipinski definition) is 1. The zero-order chi connectivity index (χ0) is 18.7. The van der Waals surface area contributed by atoms with Gasteiger partial charge in [0.05, 0.1) is 11.6 Å². The minimum Gasteiger partial charge on any atom is -0.340 e. The second-order valence-corrected chi connectivity index (χ2v) is 6.89. The predicted octanol–water partition coefficient (Wildman–Crippen LogP) is 2.06. The van der Waals surface area contributed by atoms with Crippen LogP contribution in [0.25, 0.3) is 0 Å². The molecule has 0 spiro atoms. The van der Waals surface area contributed by atoms with Crippen molar-refractivity contribution < 1.29 is 9.59 Å². The van der Waals surface area contributed by atoms with Gasteiger partial charge in [-0.1, -0.05) is 48.5 Å². The summed E-state index contributed by atoms with van der Waals surface area (Å²) in [5, 5.41) is 12.2. The molecule has 5 heteroatoms. The molecule has 132 valence electrons. The van der Waals surface area contributed by atoms with Crippen molar-refractivity contribution in [3.8, 4) is 6.07 Å². The fourth-order valence-electron chi connectivity index (χ4n) is 3.48. The molecule has 0 bridgehead atoms. The van der Waals surface area contributed by atoms with Gasteiger partial charge in [-0.3, -0.25) is 9.59 Å². The second-order valence-electron chi connectivity index (χ2n) is 6.89. The van der Waals surface area contributed by atoms with Gasteiger partial charge in [0.15, 0.2) is 0 Å². The van der Waals surface area contributed by atoms with Crippen molar-refractivity contribution in [3.63, 3.8) is 0 Å². The molecule has 0 aromatic heterocycles. The van der Waals surface area contributed by atoms with Crippen LogP contribution < -0.4 is 5.32 Å². The van der Waals surface area contributed by atoms with Crippen molar-refractivity contribution in [1.29, 1.82) is 5.26 Å². The maximum absolute atomic E-state index is 13.0. The predicted molar refractivity (Wildman–Crippen MR) is 98.1 cm³/mol. The first-order valence-corrected chi connectivity index (χ1v) is 8.56. The first-order chi connectivity index (χ1) is 12.4. The summed E-state index contributed by atoms with van der Waals surface area (Å²) in [5.41, 5.74) is 1.31. The van der Waals surface area contributed by atoms with Gasteiger partial charge in [0, 0.05) is 19.9 Å². The van der Waals surface area contributed by atoms with Gasteiger partial charge >= 0.3 is 0 Å². The van der Waals surface area contributed by atoms with Gasteiger partial charge in [-0.25, -0.2) is 0 Å². The normalized spacial score (nSPS) is 22.7. The van der Waals surface area contributed by atoms with Gasteiger partial charge in [-0.2, -0.15) is 5.26 Å². The summed E-state index contributed by atoms with van der Waals surface area (Å²) >= 11 is 0. The summed E-state index contributed by atoms with van der Waals surface area (Å²) in [4.78, 5) is 27.3.